The topological polar surface area (TPSA) is 54.3 Å². The lowest BCUT2D eigenvalue weighted by atomic mass is 10.1. The van der Waals surface area contributed by atoms with Crippen molar-refractivity contribution < 1.29 is 4.79 Å². The molecular weight excluding hydrogens is 370 g/mol. The maximum absolute atomic E-state index is 13.5. The van der Waals surface area contributed by atoms with Gasteiger partial charge in [0.2, 0.25) is 0 Å². The Morgan fingerprint density at radius 1 is 1.21 bits per heavy atom. The van der Waals surface area contributed by atoms with Gasteiger partial charge in [-0.25, -0.2) is 4.98 Å². The summed E-state index contributed by atoms with van der Waals surface area (Å²) in [7, 11) is 4.09. The molecule has 0 N–H and O–H groups in total. The van der Waals surface area contributed by atoms with E-state index in [0.29, 0.717) is 12.2 Å². The summed E-state index contributed by atoms with van der Waals surface area (Å²) in [6, 6.07) is 6.17. The Hall–Kier alpha value is -2.25. The summed E-state index contributed by atoms with van der Waals surface area (Å²) in [6.07, 6.45) is 2.57. The van der Waals surface area contributed by atoms with Crippen molar-refractivity contribution in [3.8, 4) is 0 Å². The molecule has 7 heteroatoms. The maximum Gasteiger partial charge on any atom is 0.278 e. The Balaban J connectivity index is 2.00. The van der Waals surface area contributed by atoms with Crippen LogP contribution in [0, 0.1) is 13.8 Å². The summed E-state index contributed by atoms with van der Waals surface area (Å²) >= 11 is 1.59. The molecule has 0 fully saturated rings. The molecule has 2 heterocycles. The summed E-state index contributed by atoms with van der Waals surface area (Å²) < 4.78 is 2.92. The highest BCUT2D eigenvalue weighted by molar-refractivity contribution is 7.22. The van der Waals surface area contributed by atoms with E-state index >= 15 is 0 Å². The van der Waals surface area contributed by atoms with Crippen molar-refractivity contribution >= 4 is 32.6 Å². The Bertz CT molecular complexity index is 972. The standard InChI is InChI=1S/C21H29N5OS/c1-14(2)26-18(8-9-22-26)20(27)25(11-7-10-24(5)6)21-23-17-13-15(3)12-16(4)19(17)28-21/h8-9,12-14H,7,10-11H2,1-6H3. The van der Waals surface area contributed by atoms with Gasteiger partial charge in [0.05, 0.1) is 10.2 Å². The minimum atomic E-state index is -0.0432. The summed E-state index contributed by atoms with van der Waals surface area (Å²) in [5, 5.41) is 5.09. The second kappa shape index (κ2) is 8.41. The number of hydrogen-bond donors (Lipinski definition) is 0. The molecule has 28 heavy (non-hydrogen) atoms. The molecule has 1 amide bonds. The van der Waals surface area contributed by atoms with E-state index in [0.717, 1.165) is 28.3 Å². The Labute approximate surface area is 170 Å². The van der Waals surface area contributed by atoms with E-state index in [2.05, 4.69) is 36.0 Å². The fourth-order valence-corrected chi connectivity index (χ4v) is 4.38. The van der Waals surface area contributed by atoms with Gasteiger partial charge in [-0.05, 0) is 78.0 Å². The van der Waals surface area contributed by atoms with Gasteiger partial charge in [-0.15, -0.1) is 0 Å². The van der Waals surface area contributed by atoms with Gasteiger partial charge in [0.1, 0.15) is 5.69 Å². The van der Waals surface area contributed by atoms with Crippen molar-refractivity contribution in [1.82, 2.24) is 19.7 Å². The van der Waals surface area contributed by atoms with E-state index in [-0.39, 0.29) is 11.9 Å². The van der Waals surface area contributed by atoms with Crippen LogP contribution >= 0.6 is 11.3 Å². The lowest BCUT2D eigenvalue weighted by molar-refractivity contribution is 0.0974. The van der Waals surface area contributed by atoms with Crippen molar-refractivity contribution in [3.63, 3.8) is 0 Å². The fraction of sp³-hybridized carbons (Fsp3) is 0.476. The zero-order valence-corrected chi connectivity index (χ0v) is 18.4. The number of hydrogen-bond acceptors (Lipinski definition) is 5. The fourth-order valence-electron chi connectivity index (χ4n) is 3.34. The van der Waals surface area contributed by atoms with Gasteiger partial charge in [-0.2, -0.15) is 5.10 Å². The lowest BCUT2D eigenvalue weighted by Crippen LogP contribution is -2.35. The van der Waals surface area contributed by atoms with Crippen LogP contribution in [0.4, 0.5) is 5.13 Å². The molecule has 0 aliphatic heterocycles. The number of carbonyl (C=O) groups is 1. The predicted octanol–water partition coefficient (Wildman–Crippen LogP) is 4.29. The molecule has 2 aromatic heterocycles. The predicted molar refractivity (Wildman–Crippen MR) is 117 cm³/mol. The zero-order chi connectivity index (χ0) is 20.4. The van der Waals surface area contributed by atoms with Gasteiger partial charge in [0.15, 0.2) is 5.13 Å². The molecular formula is C21H29N5OS. The van der Waals surface area contributed by atoms with Crippen LogP contribution in [0.1, 0.15) is 47.9 Å². The highest BCUT2D eigenvalue weighted by Crippen LogP contribution is 2.33. The third kappa shape index (κ3) is 4.25. The number of thiazole rings is 1. The van der Waals surface area contributed by atoms with Crippen molar-refractivity contribution in [2.24, 2.45) is 0 Å². The summed E-state index contributed by atoms with van der Waals surface area (Å²) in [5.41, 5.74) is 3.95. The van der Waals surface area contributed by atoms with E-state index in [4.69, 9.17) is 4.98 Å². The largest absolute Gasteiger partial charge is 0.309 e. The number of carbonyl (C=O) groups excluding carboxylic acids is 1. The van der Waals surface area contributed by atoms with Gasteiger partial charge in [0, 0.05) is 18.8 Å². The molecule has 1 aromatic carbocycles. The van der Waals surface area contributed by atoms with E-state index in [1.807, 2.05) is 32.8 Å². The molecule has 0 bridgehead atoms. The Kier molecular flexibility index (Phi) is 6.15. The lowest BCUT2D eigenvalue weighted by Gasteiger charge is -2.22. The highest BCUT2D eigenvalue weighted by Gasteiger charge is 2.25. The van der Waals surface area contributed by atoms with Gasteiger partial charge < -0.3 is 4.90 Å². The zero-order valence-electron chi connectivity index (χ0n) is 17.6. The number of benzene rings is 1. The van der Waals surface area contributed by atoms with E-state index in [1.54, 1.807) is 28.3 Å². The molecule has 0 saturated carbocycles. The maximum atomic E-state index is 13.5. The van der Waals surface area contributed by atoms with Crippen LogP contribution in [0.3, 0.4) is 0 Å². The molecule has 150 valence electrons. The molecule has 6 nitrogen and oxygen atoms in total. The number of aryl methyl sites for hydroxylation is 2. The third-order valence-electron chi connectivity index (χ3n) is 4.65. The smallest absolute Gasteiger partial charge is 0.278 e. The number of nitrogens with zero attached hydrogens (tertiary/aromatic N) is 5. The van der Waals surface area contributed by atoms with Crippen LogP contribution < -0.4 is 4.90 Å². The van der Waals surface area contributed by atoms with Gasteiger partial charge in [0.25, 0.3) is 5.91 Å². The molecule has 0 atom stereocenters. The van der Waals surface area contributed by atoms with Crippen molar-refractivity contribution in [3.05, 3.63) is 41.2 Å². The monoisotopic (exact) mass is 399 g/mol. The minimum Gasteiger partial charge on any atom is -0.309 e. The Morgan fingerprint density at radius 2 is 1.96 bits per heavy atom. The van der Waals surface area contributed by atoms with Crippen LogP contribution in [0.25, 0.3) is 10.2 Å². The molecule has 0 spiro atoms. The molecule has 0 radical (unpaired) electrons. The normalized spacial score (nSPS) is 11.7. The highest BCUT2D eigenvalue weighted by atomic mass is 32.1. The quantitative estimate of drug-likeness (QED) is 0.595. The minimum absolute atomic E-state index is 0.0432. The molecule has 3 aromatic rings. The van der Waals surface area contributed by atoms with Crippen molar-refractivity contribution in [2.75, 3.05) is 32.1 Å². The average molecular weight is 400 g/mol. The number of aromatic nitrogens is 3. The van der Waals surface area contributed by atoms with Gasteiger partial charge in [-0.3, -0.25) is 14.4 Å². The average Bonchev–Trinajstić information content (AvgIpc) is 3.24. The molecule has 0 aliphatic carbocycles. The first-order chi connectivity index (χ1) is 13.3. The van der Waals surface area contributed by atoms with Crippen LogP contribution in [0.5, 0.6) is 0 Å². The first-order valence-electron chi connectivity index (χ1n) is 9.66. The Morgan fingerprint density at radius 3 is 2.64 bits per heavy atom. The summed E-state index contributed by atoms with van der Waals surface area (Å²) in [5.74, 6) is -0.0432. The third-order valence-corrected chi connectivity index (χ3v) is 5.88. The first kappa shape index (κ1) is 20.5. The van der Waals surface area contributed by atoms with E-state index < -0.39 is 0 Å². The van der Waals surface area contributed by atoms with Crippen LogP contribution in [-0.2, 0) is 0 Å². The molecule has 3 rings (SSSR count). The molecule has 0 aliphatic rings. The summed E-state index contributed by atoms with van der Waals surface area (Å²) in [4.78, 5) is 22.2. The number of fused-ring (bicyclic) bond motifs is 1. The number of amides is 1. The summed E-state index contributed by atoms with van der Waals surface area (Å²) in [6.45, 7) is 9.78. The number of anilines is 1. The van der Waals surface area contributed by atoms with Crippen LogP contribution in [0.2, 0.25) is 0 Å². The second-order valence-corrected chi connectivity index (χ2v) is 8.77. The van der Waals surface area contributed by atoms with Gasteiger partial charge >= 0.3 is 0 Å². The molecule has 0 saturated heterocycles. The van der Waals surface area contributed by atoms with Crippen LogP contribution in [0.15, 0.2) is 24.4 Å². The first-order valence-corrected chi connectivity index (χ1v) is 10.5. The number of rotatable bonds is 7. The van der Waals surface area contributed by atoms with E-state index in [1.165, 1.54) is 11.1 Å². The van der Waals surface area contributed by atoms with Crippen molar-refractivity contribution in [1.29, 1.82) is 0 Å². The SMILES string of the molecule is Cc1cc(C)c2sc(N(CCCN(C)C)C(=O)c3ccnn3C(C)C)nc2c1. The van der Waals surface area contributed by atoms with Crippen molar-refractivity contribution in [2.45, 2.75) is 40.2 Å². The van der Waals surface area contributed by atoms with Gasteiger partial charge in [-0.1, -0.05) is 17.4 Å². The van der Waals surface area contributed by atoms with Crippen LogP contribution in [-0.4, -0.2) is 52.8 Å². The second-order valence-electron chi connectivity index (χ2n) is 7.79. The molecule has 0 unspecified atom stereocenters. The van der Waals surface area contributed by atoms with E-state index in [9.17, 15) is 4.79 Å².